The van der Waals surface area contributed by atoms with E-state index in [1.165, 1.54) is 0 Å². The van der Waals surface area contributed by atoms with E-state index in [-0.39, 0.29) is 18.0 Å². The second kappa shape index (κ2) is 8.07. The molecule has 0 radical (unpaired) electrons. The second-order valence-corrected chi connectivity index (χ2v) is 6.43. The highest BCUT2D eigenvalue weighted by molar-refractivity contribution is 5.74. The number of anilines is 1. The highest BCUT2D eigenvalue weighted by Crippen LogP contribution is 2.27. The molecule has 0 unspecified atom stereocenters. The van der Waals surface area contributed by atoms with Gasteiger partial charge in [0.25, 0.3) is 0 Å². The van der Waals surface area contributed by atoms with Crippen molar-refractivity contribution in [3.63, 3.8) is 0 Å². The van der Waals surface area contributed by atoms with E-state index in [0.717, 1.165) is 31.5 Å². The third-order valence-electron chi connectivity index (χ3n) is 4.50. The fraction of sp³-hybridized carbons (Fsp3) is 0.688. The summed E-state index contributed by atoms with van der Waals surface area (Å²) in [6.45, 7) is 3.22. The predicted molar refractivity (Wildman–Crippen MR) is 87.7 cm³/mol. The van der Waals surface area contributed by atoms with Crippen LogP contribution >= 0.6 is 0 Å². The Hall–Kier alpha value is -2.10. The van der Waals surface area contributed by atoms with E-state index in [1.54, 1.807) is 9.80 Å². The van der Waals surface area contributed by atoms with Crippen molar-refractivity contribution < 1.29 is 22.7 Å². The first-order valence-electron chi connectivity index (χ1n) is 8.72. The zero-order valence-corrected chi connectivity index (χ0v) is 14.3. The van der Waals surface area contributed by atoms with Crippen molar-refractivity contribution in [2.75, 3.05) is 44.7 Å². The van der Waals surface area contributed by atoms with Crippen LogP contribution in [0.4, 0.5) is 23.9 Å². The molecule has 7 nitrogen and oxygen atoms in total. The normalized spacial score (nSPS) is 22.0. The van der Waals surface area contributed by atoms with Crippen molar-refractivity contribution in [1.29, 1.82) is 0 Å². The molecule has 144 valence electrons. The lowest BCUT2D eigenvalue weighted by molar-refractivity contribution is -0.141. The maximum absolute atomic E-state index is 12.8. The molecule has 26 heavy (non-hydrogen) atoms. The summed E-state index contributed by atoms with van der Waals surface area (Å²) in [6, 6.07) is 0.602. The Bertz CT molecular complexity index is 622. The van der Waals surface area contributed by atoms with E-state index < -0.39 is 11.9 Å². The summed E-state index contributed by atoms with van der Waals surface area (Å²) in [5.41, 5.74) is -0.982. The third-order valence-corrected chi connectivity index (χ3v) is 4.50. The topological polar surface area (TPSA) is 70.6 Å². The van der Waals surface area contributed by atoms with Gasteiger partial charge in [-0.25, -0.2) is 14.8 Å². The lowest BCUT2D eigenvalue weighted by atomic mass is 10.1. The molecule has 0 aromatic carbocycles. The van der Waals surface area contributed by atoms with E-state index in [0.29, 0.717) is 39.4 Å². The first kappa shape index (κ1) is 18.7. The van der Waals surface area contributed by atoms with Gasteiger partial charge in [-0.05, 0) is 25.3 Å². The van der Waals surface area contributed by atoms with Gasteiger partial charge in [-0.3, -0.25) is 0 Å². The predicted octanol–water partition coefficient (Wildman–Crippen LogP) is 2.21. The standard InChI is InChI=1S/C16H22F3N5O2/c17-16(18,19)13-4-5-20-14(22-13)21-12-3-1-2-6-24(11-12)15(25)23-7-9-26-10-8-23/h4-5,12H,1-3,6-11H2,(H,20,21,22)/t12-/m0/s1. The van der Waals surface area contributed by atoms with Crippen LogP contribution in [0.5, 0.6) is 0 Å². The molecular weight excluding hydrogens is 351 g/mol. The van der Waals surface area contributed by atoms with Crippen LogP contribution in [0, 0.1) is 0 Å². The van der Waals surface area contributed by atoms with Crippen molar-refractivity contribution in [1.82, 2.24) is 19.8 Å². The first-order valence-corrected chi connectivity index (χ1v) is 8.72. The van der Waals surface area contributed by atoms with Crippen LogP contribution in [0.2, 0.25) is 0 Å². The van der Waals surface area contributed by atoms with E-state index in [2.05, 4.69) is 15.3 Å². The Balaban J connectivity index is 1.65. The molecule has 2 fully saturated rings. The maximum Gasteiger partial charge on any atom is 0.433 e. The number of likely N-dealkylation sites (tertiary alicyclic amines) is 1. The summed E-state index contributed by atoms with van der Waals surface area (Å²) in [6.07, 6.45) is -0.944. The SMILES string of the molecule is O=C(N1CCOCC1)N1CCCC[C@H](Nc2nccc(C(F)(F)F)n2)C1. The number of nitrogens with one attached hydrogen (secondary N) is 1. The molecule has 2 saturated heterocycles. The van der Waals surface area contributed by atoms with Gasteiger partial charge in [0, 0.05) is 38.4 Å². The molecule has 1 N–H and O–H groups in total. The van der Waals surface area contributed by atoms with Gasteiger partial charge in [-0.2, -0.15) is 13.2 Å². The zero-order chi connectivity index (χ0) is 18.6. The van der Waals surface area contributed by atoms with Crippen molar-refractivity contribution >= 4 is 12.0 Å². The summed E-state index contributed by atoms with van der Waals surface area (Å²) in [7, 11) is 0. The quantitative estimate of drug-likeness (QED) is 0.861. The molecule has 0 saturated carbocycles. The number of amides is 2. The fourth-order valence-corrected chi connectivity index (χ4v) is 3.16. The zero-order valence-electron chi connectivity index (χ0n) is 14.3. The van der Waals surface area contributed by atoms with Gasteiger partial charge >= 0.3 is 12.2 Å². The summed E-state index contributed by atoms with van der Waals surface area (Å²) in [4.78, 5) is 23.6. The molecule has 2 amide bonds. The number of nitrogens with zero attached hydrogens (tertiary/aromatic N) is 4. The monoisotopic (exact) mass is 373 g/mol. The molecule has 0 bridgehead atoms. The highest BCUT2D eigenvalue weighted by atomic mass is 19.4. The summed E-state index contributed by atoms with van der Waals surface area (Å²) in [5, 5.41) is 2.96. The number of urea groups is 1. The number of halogens is 3. The van der Waals surface area contributed by atoms with E-state index in [9.17, 15) is 18.0 Å². The van der Waals surface area contributed by atoms with E-state index >= 15 is 0 Å². The van der Waals surface area contributed by atoms with Gasteiger partial charge < -0.3 is 19.9 Å². The van der Waals surface area contributed by atoms with Gasteiger partial charge in [-0.15, -0.1) is 0 Å². The Kier molecular flexibility index (Phi) is 5.80. The van der Waals surface area contributed by atoms with Crippen molar-refractivity contribution in [2.24, 2.45) is 0 Å². The number of ether oxygens (including phenoxy) is 1. The molecule has 1 aromatic heterocycles. The molecule has 2 aliphatic rings. The number of rotatable bonds is 2. The van der Waals surface area contributed by atoms with Crippen LogP contribution in [-0.2, 0) is 10.9 Å². The van der Waals surface area contributed by atoms with Gasteiger partial charge in [0.1, 0.15) is 5.69 Å². The van der Waals surface area contributed by atoms with Crippen LogP contribution < -0.4 is 5.32 Å². The Labute approximate surface area is 149 Å². The van der Waals surface area contributed by atoms with Gasteiger partial charge in [0.05, 0.1) is 13.2 Å². The molecule has 3 rings (SSSR count). The molecule has 0 aliphatic carbocycles. The highest BCUT2D eigenvalue weighted by Gasteiger charge is 2.33. The van der Waals surface area contributed by atoms with Crippen LogP contribution in [0.1, 0.15) is 25.0 Å². The van der Waals surface area contributed by atoms with Gasteiger partial charge in [0.2, 0.25) is 5.95 Å². The number of aromatic nitrogens is 2. The lowest BCUT2D eigenvalue weighted by Gasteiger charge is -2.33. The van der Waals surface area contributed by atoms with E-state index in [1.807, 2.05) is 0 Å². The largest absolute Gasteiger partial charge is 0.433 e. The smallest absolute Gasteiger partial charge is 0.378 e. The average molecular weight is 373 g/mol. The summed E-state index contributed by atoms with van der Waals surface area (Å²) >= 11 is 0. The Morgan fingerprint density at radius 2 is 1.96 bits per heavy atom. The molecule has 10 heteroatoms. The van der Waals surface area contributed by atoms with Crippen molar-refractivity contribution in [3.05, 3.63) is 18.0 Å². The number of carbonyl (C=O) groups excluding carboxylic acids is 1. The summed E-state index contributed by atoms with van der Waals surface area (Å²) in [5.74, 6) is -0.0644. The number of alkyl halides is 3. The summed E-state index contributed by atoms with van der Waals surface area (Å²) < 4.78 is 43.7. The number of carbonyl (C=O) groups is 1. The molecule has 0 spiro atoms. The minimum atomic E-state index is -4.51. The minimum absolute atomic E-state index is 0.0491. The van der Waals surface area contributed by atoms with E-state index in [4.69, 9.17) is 4.74 Å². The third kappa shape index (κ3) is 4.75. The fourth-order valence-electron chi connectivity index (χ4n) is 3.16. The number of hydrogen-bond acceptors (Lipinski definition) is 5. The number of morpholine rings is 1. The molecule has 1 aromatic rings. The van der Waals surface area contributed by atoms with Crippen molar-refractivity contribution in [2.45, 2.75) is 31.5 Å². The van der Waals surface area contributed by atoms with Crippen LogP contribution in [0.15, 0.2) is 12.3 Å². The second-order valence-electron chi connectivity index (χ2n) is 6.43. The van der Waals surface area contributed by atoms with Crippen LogP contribution in [-0.4, -0.2) is 71.2 Å². The Morgan fingerprint density at radius 1 is 1.19 bits per heavy atom. The average Bonchev–Trinajstić information content (AvgIpc) is 2.87. The van der Waals surface area contributed by atoms with Crippen LogP contribution in [0.3, 0.4) is 0 Å². The molecule has 3 heterocycles. The molecule has 1 atom stereocenters. The first-order chi connectivity index (χ1) is 12.4. The molecular formula is C16H22F3N5O2. The number of hydrogen-bond donors (Lipinski definition) is 1. The van der Waals surface area contributed by atoms with Gasteiger partial charge in [0.15, 0.2) is 0 Å². The van der Waals surface area contributed by atoms with Crippen molar-refractivity contribution in [3.8, 4) is 0 Å². The lowest BCUT2D eigenvalue weighted by Crippen LogP contribution is -2.50. The Morgan fingerprint density at radius 3 is 2.69 bits per heavy atom. The minimum Gasteiger partial charge on any atom is -0.378 e. The maximum atomic E-state index is 12.8. The van der Waals surface area contributed by atoms with Gasteiger partial charge in [-0.1, -0.05) is 0 Å². The van der Waals surface area contributed by atoms with Crippen LogP contribution in [0.25, 0.3) is 0 Å². The molecule has 2 aliphatic heterocycles.